The number of nitrogens with one attached hydrogen (secondary N) is 4. The van der Waals surface area contributed by atoms with Crippen LogP contribution in [0, 0.1) is 17.8 Å². The summed E-state index contributed by atoms with van der Waals surface area (Å²) in [4.78, 5) is 182. The number of ketones is 1. The van der Waals surface area contributed by atoms with E-state index in [0.717, 1.165) is 37.5 Å². The smallest absolute Gasteiger partial charge is 0.306 e. The van der Waals surface area contributed by atoms with Crippen LogP contribution in [0.15, 0.2) is 91.0 Å². The molecule has 640 valence electrons. The molecule has 6 rings (SSSR count). The first-order valence-corrected chi connectivity index (χ1v) is 39.1. The molecule has 34 nitrogen and oxygen atoms in total. The maximum atomic E-state index is 15.0. The van der Waals surface area contributed by atoms with Crippen LogP contribution in [-0.4, -0.2) is 252 Å². The van der Waals surface area contributed by atoms with Crippen LogP contribution in [0.3, 0.4) is 0 Å². The van der Waals surface area contributed by atoms with Crippen molar-refractivity contribution in [1.29, 1.82) is 0 Å². The van der Waals surface area contributed by atoms with Gasteiger partial charge < -0.3 is 92.5 Å². The van der Waals surface area contributed by atoms with Gasteiger partial charge in [-0.05, 0) is 42.4 Å². The first-order chi connectivity index (χ1) is 55.3. The Labute approximate surface area is 675 Å². The van der Waals surface area contributed by atoms with Crippen LogP contribution in [0.5, 0.6) is 0 Å². The van der Waals surface area contributed by atoms with Crippen LogP contribution >= 0.6 is 0 Å². The summed E-state index contributed by atoms with van der Waals surface area (Å²) in [6, 6.07) is 27.9. The van der Waals surface area contributed by atoms with Crippen molar-refractivity contribution in [1.82, 2.24) is 31.1 Å². The molecule has 3 aromatic rings. The number of rotatable bonds is 46. The Morgan fingerprint density at radius 2 is 0.793 bits per heavy atom. The van der Waals surface area contributed by atoms with E-state index >= 15 is 0 Å². The average molecular weight is 1630 g/mol. The Kier molecular flexibility index (Phi) is 39.8. The summed E-state index contributed by atoms with van der Waals surface area (Å²) < 4.78 is 79.7. The molecule has 6 unspecified atom stereocenters. The maximum absolute atomic E-state index is 15.0. The lowest BCUT2D eigenvalue weighted by Crippen LogP contribution is -2.62. The van der Waals surface area contributed by atoms with Gasteiger partial charge in [-0.25, -0.2) is 0 Å². The molecule has 116 heavy (non-hydrogen) atoms. The van der Waals surface area contributed by atoms with Crippen LogP contribution in [0.2, 0.25) is 0 Å². The van der Waals surface area contributed by atoms with Crippen molar-refractivity contribution in [3.05, 3.63) is 108 Å². The predicted molar refractivity (Wildman–Crippen MR) is 410 cm³/mol. The number of Topliss-reactive ketones (excluding diaryl/α,β-unsaturated/α-hetero) is 1. The highest BCUT2D eigenvalue weighted by atomic mass is 16.7. The molecule has 3 heterocycles. The van der Waals surface area contributed by atoms with Gasteiger partial charge >= 0.3 is 47.8 Å². The number of nitrogens with zero attached hydrogens (tertiary/aromatic N) is 2. The summed E-state index contributed by atoms with van der Waals surface area (Å²) in [6.45, 7) is 14.9. The van der Waals surface area contributed by atoms with E-state index in [-0.39, 0.29) is 129 Å². The van der Waals surface area contributed by atoms with E-state index < -0.39 is 176 Å². The standard InChI is InChI=1S/C82H114N6O28/c1-50-73(85-53(4)89)80(115-66(47-106-55(6)91)75(50)110-58(9)94)104-43-24-22-32-69(99)84-38-40-88(82(62-26-16-13-17-27-62,63-28-18-14-19-29-63)64-30-20-15-21-31-64)42-41-87(71(101)33-23-25-44-105-81-74(86-54(5)90)51(2)76(111-59(10)95)67(116-81)48-107-56(7)92)39-37-83-70(100)36-45-103-72(102)35-34-65(98)46-109-79-52(3)77(112-60(11)96)78(113-61(12)97)68(114-79)49-108-57(8)93/h13-21,26-31,50-52,66-68,73-81H,22-25,32-49H2,1-12H3,(H,83,100)(H,84,99)(H,85,89)(H,86,90)/t50-,51+,52?,66?,67?,68?,73?,74?,75-,76+,77-,78+,79-,80-,81+/m1/s1. The Balaban J connectivity index is 1.17. The Morgan fingerprint density at radius 3 is 1.23 bits per heavy atom. The second kappa shape index (κ2) is 48.6. The largest absolute Gasteiger partial charge is 0.465 e. The molecule has 0 aromatic heterocycles. The van der Waals surface area contributed by atoms with Crippen molar-refractivity contribution in [2.24, 2.45) is 17.8 Å². The van der Waals surface area contributed by atoms with Crippen molar-refractivity contribution < 1.29 is 133 Å². The fraction of sp³-hybridized carbons (Fsp3) is 0.610. The maximum Gasteiger partial charge on any atom is 0.306 e. The predicted octanol–water partition coefficient (Wildman–Crippen LogP) is 4.52. The Bertz CT molecular complexity index is 3620. The number of hydrogen-bond acceptors (Lipinski definition) is 29. The van der Waals surface area contributed by atoms with Gasteiger partial charge in [0.2, 0.25) is 29.5 Å². The van der Waals surface area contributed by atoms with Crippen molar-refractivity contribution in [2.45, 2.75) is 220 Å². The molecule has 3 saturated heterocycles. The van der Waals surface area contributed by atoms with Crippen molar-refractivity contribution in [2.75, 3.05) is 85.5 Å². The zero-order chi connectivity index (χ0) is 85.0. The van der Waals surface area contributed by atoms with Crippen LogP contribution in [0.25, 0.3) is 0 Å². The minimum atomic E-state index is -1.22. The van der Waals surface area contributed by atoms with E-state index in [2.05, 4.69) is 26.2 Å². The molecule has 34 heteroatoms. The lowest BCUT2D eigenvalue weighted by Gasteiger charge is -2.46. The molecule has 0 bridgehead atoms. The molecule has 5 amide bonds. The summed E-state index contributed by atoms with van der Waals surface area (Å²) >= 11 is 0. The second-order valence-corrected chi connectivity index (χ2v) is 28.7. The van der Waals surface area contributed by atoms with Crippen molar-refractivity contribution >= 4 is 83.1 Å². The monoisotopic (exact) mass is 1630 g/mol. The summed E-state index contributed by atoms with van der Waals surface area (Å²) in [7, 11) is 0. The average Bonchev–Trinajstić information content (AvgIpc) is 0.738. The Morgan fingerprint density at radius 1 is 0.388 bits per heavy atom. The molecule has 3 aliphatic rings. The van der Waals surface area contributed by atoms with Gasteiger partial charge in [-0.1, -0.05) is 112 Å². The molecule has 15 atom stereocenters. The molecule has 0 radical (unpaired) electrons. The topological polar surface area (TPSA) is 423 Å². The van der Waals surface area contributed by atoms with E-state index in [0.29, 0.717) is 19.3 Å². The van der Waals surface area contributed by atoms with Crippen LogP contribution in [0.1, 0.15) is 158 Å². The van der Waals surface area contributed by atoms with Gasteiger partial charge in [0.1, 0.15) is 69.7 Å². The SMILES string of the molecule is CC(=O)NC1[C@H](OCCCCC(=O)NCCN(CCN(CCNC(=O)CCOC(=O)CCC(=O)CO[C@@H]2OC(COC(C)=O)[C@H](OC(C)=O)[C@H](OC(C)=O)C2C)C(=O)CCCCO[C@H]2OC(COC(C)=O)[C@@H](OC(C)=O)[C@@H](C)C2NC(C)=O)C(c2ccccc2)(c2ccccc2)c2ccccc2)OC(COC(C)=O)[C@H](OC(C)=O)[C@@H]1C. The van der Waals surface area contributed by atoms with Crippen molar-refractivity contribution in [3.63, 3.8) is 0 Å². The van der Waals surface area contributed by atoms with Crippen LogP contribution in [-0.2, 0) is 139 Å². The van der Waals surface area contributed by atoms with Crippen LogP contribution < -0.4 is 21.3 Å². The Hall–Kier alpha value is -9.84. The highest BCUT2D eigenvalue weighted by Gasteiger charge is 2.51. The van der Waals surface area contributed by atoms with E-state index in [9.17, 15) is 67.1 Å². The van der Waals surface area contributed by atoms with Gasteiger partial charge in [-0.15, -0.1) is 0 Å². The number of carbonyl (C=O) groups excluding carboxylic acids is 14. The summed E-state index contributed by atoms with van der Waals surface area (Å²) in [5.41, 5.74) is 1.52. The lowest BCUT2D eigenvalue weighted by atomic mass is 9.75. The van der Waals surface area contributed by atoms with Gasteiger partial charge in [0, 0.05) is 152 Å². The molecule has 3 aromatic carbocycles. The second-order valence-electron chi connectivity index (χ2n) is 28.7. The van der Waals surface area contributed by atoms with E-state index in [1.807, 2.05) is 91.0 Å². The number of ether oxygens (including phenoxy) is 14. The normalized spacial score (nSPS) is 23.0. The van der Waals surface area contributed by atoms with E-state index in [4.69, 9.17) is 66.3 Å². The molecule has 3 fully saturated rings. The third-order valence-electron chi connectivity index (χ3n) is 19.6. The molecule has 4 N–H and O–H groups in total. The van der Waals surface area contributed by atoms with Gasteiger partial charge in [0.15, 0.2) is 30.8 Å². The molecule has 3 aliphatic heterocycles. The van der Waals surface area contributed by atoms with Crippen LogP contribution in [0.4, 0.5) is 0 Å². The third kappa shape index (κ3) is 30.7. The number of unbranched alkanes of at least 4 members (excludes halogenated alkanes) is 2. The zero-order valence-electron chi connectivity index (χ0n) is 68.2. The highest BCUT2D eigenvalue weighted by molar-refractivity contribution is 5.84. The summed E-state index contributed by atoms with van der Waals surface area (Å²) in [6.07, 6.45) is -10.1. The number of hydrogen-bond donors (Lipinski definition) is 4. The van der Waals surface area contributed by atoms with Gasteiger partial charge in [-0.2, -0.15) is 0 Å². The van der Waals surface area contributed by atoms with Gasteiger partial charge in [0.05, 0.1) is 30.5 Å². The zero-order valence-corrected chi connectivity index (χ0v) is 68.2. The molecule has 0 aliphatic carbocycles. The first kappa shape index (κ1) is 95.0. The third-order valence-corrected chi connectivity index (χ3v) is 19.6. The van der Waals surface area contributed by atoms with E-state index in [1.54, 1.807) is 25.7 Å². The summed E-state index contributed by atoms with van der Waals surface area (Å²) in [5, 5.41) is 11.6. The molecule has 0 saturated carbocycles. The lowest BCUT2D eigenvalue weighted by molar-refractivity contribution is -0.287. The fourth-order valence-corrected chi connectivity index (χ4v) is 14.2. The molecular formula is C82H114N6O28. The number of benzene rings is 3. The number of amides is 5. The summed E-state index contributed by atoms with van der Waals surface area (Å²) in [5.74, 6) is -9.60. The minimum absolute atomic E-state index is 0.00801. The van der Waals surface area contributed by atoms with E-state index in [1.165, 1.54) is 41.5 Å². The number of esters is 8. The molecule has 0 spiro atoms. The quantitative estimate of drug-likeness (QED) is 0.0261. The highest BCUT2D eigenvalue weighted by Crippen LogP contribution is 2.43. The molecular weight excluding hydrogens is 1520 g/mol. The first-order valence-electron chi connectivity index (χ1n) is 39.1. The van der Waals surface area contributed by atoms with Gasteiger partial charge in [0.25, 0.3) is 0 Å². The van der Waals surface area contributed by atoms with Gasteiger partial charge in [-0.3, -0.25) is 72.0 Å². The minimum Gasteiger partial charge on any atom is -0.465 e. The fourth-order valence-electron chi connectivity index (χ4n) is 14.2. The number of carbonyl (C=O) groups is 14. The van der Waals surface area contributed by atoms with Crippen molar-refractivity contribution in [3.8, 4) is 0 Å².